The van der Waals surface area contributed by atoms with E-state index in [9.17, 15) is 4.79 Å². The zero-order valence-corrected chi connectivity index (χ0v) is 16.5. The fourth-order valence-electron chi connectivity index (χ4n) is 3.83. The standard InChI is InChI=1S/C23H22N6O/c30-23(20-8-4-5-13-24-20)28-14-11-17(12-15-28)22-26-21-10-9-19(16-29(21)27-22)25-18-6-2-1-3-7-18/h1-10,13,16-17,25H,11-12,14-15H2. The van der Waals surface area contributed by atoms with Crippen molar-refractivity contribution in [2.45, 2.75) is 18.8 Å². The van der Waals surface area contributed by atoms with Crippen LogP contribution < -0.4 is 5.32 Å². The fourth-order valence-corrected chi connectivity index (χ4v) is 3.83. The van der Waals surface area contributed by atoms with E-state index >= 15 is 0 Å². The largest absolute Gasteiger partial charge is 0.354 e. The normalized spacial score (nSPS) is 14.7. The predicted molar refractivity (Wildman–Crippen MR) is 115 cm³/mol. The van der Waals surface area contributed by atoms with Crippen LogP contribution >= 0.6 is 0 Å². The van der Waals surface area contributed by atoms with E-state index in [4.69, 9.17) is 10.1 Å². The van der Waals surface area contributed by atoms with Gasteiger partial charge in [-0.25, -0.2) is 9.50 Å². The number of likely N-dealkylation sites (tertiary alicyclic amines) is 1. The van der Waals surface area contributed by atoms with Gasteiger partial charge in [-0.2, -0.15) is 5.10 Å². The zero-order valence-electron chi connectivity index (χ0n) is 16.5. The lowest BCUT2D eigenvalue weighted by molar-refractivity contribution is 0.0705. The Balaban J connectivity index is 1.27. The summed E-state index contributed by atoms with van der Waals surface area (Å²) in [6, 6.07) is 19.4. The van der Waals surface area contributed by atoms with Crippen molar-refractivity contribution in [1.82, 2.24) is 24.5 Å². The number of hydrogen-bond acceptors (Lipinski definition) is 5. The molecule has 0 saturated carbocycles. The molecular formula is C23H22N6O. The molecule has 0 spiro atoms. The molecule has 1 amide bonds. The summed E-state index contributed by atoms with van der Waals surface area (Å²) in [5, 5.41) is 8.10. The van der Waals surface area contributed by atoms with Gasteiger partial charge < -0.3 is 10.2 Å². The summed E-state index contributed by atoms with van der Waals surface area (Å²) in [6.07, 6.45) is 5.31. The van der Waals surface area contributed by atoms with Crippen molar-refractivity contribution in [3.63, 3.8) is 0 Å². The molecular weight excluding hydrogens is 376 g/mol. The van der Waals surface area contributed by atoms with Crippen molar-refractivity contribution < 1.29 is 4.79 Å². The van der Waals surface area contributed by atoms with Crippen LogP contribution in [0.5, 0.6) is 0 Å². The molecule has 0 radical (unpaired) electrons. The van der Waals surface area contributed by atoms with Crippen LogP contribution in [0.4, 0.5) is 11.4 Å². The minimum absolute atomic E-state index is 0.00589. The summed E-state index contributed by atoms with van der Waals surface area (Å²) in [5.41, 5.74) is 3.32. The fraction of sp³-hybridized carbons (Fsp3) is 0.217. The van der Waals surface area contributed by atoms with Crippen LogP contribution in [0.15, 0.2) is 73.1 Å². The third-order valence-electron chi connectivity index (χ3n) is 5.44. The summed E-state index contributed by atoms with van der Waals surface area (Å²) < 4.78 is 1.83. The maximum absolute atomic E-state index is 12.6. The highest BCUT2D eigenvalue weighted by Crippen LogP contribution is 2.27. The SMILES string of the molecule is O=C(c1ccccn1)N1CCC(c2nc3ccc(Nc4ccccc4)cn3n2)CC1. The molecule has 1 fully saturated rings. The van der Waals surface area contributed by atoms with E-state index in [1.54, 1.807) is 12.3 Å². The molecule has 7 nitrogen and oxygen atoms in total. The van der Waals surface area contributed by atoms with Crippen LogP contribution in [0.2, 0.25) is 0 Å². The Hall–Kier alpha value is -3.74. The number of carbonyl (C=O) groups excluding carboxylic acids is 1. The number of nitrogens with one attached hydrogen (secondary N) is 1. The highest BCUT2D eigenvalue weighted by molar-refractivity contribution is 5.92. The summed E-state index contributed by atoms with van der Waals surface area (Å²) in [6.45, 7) is 1.38. The number of piperidine rings is 1. The number of para-hydroxylation sites is 1. The third kappa shape index (κ3) is 3.74. The van der Waals surface area contributed by atoms with E-state index in [0.29, 0.717) is 18.8 Å². The first-order valence-electron chi connectivity index (χ1n) is 10.1. The smallest absolute Gasteiger partial charge is 0.272 e. The highest BCUT2D eigenvalue weighted by Gasteiger charge is 2.27. The summed E-state index contributed by atoms with van der Waals surface area (Å²) in [4.78, 5) is 23.4. The first-order valence-corrected chi connectivity index (χ1v) is 10.1. The van der Waals surface area contributed by atoms with Crippen LogP contribution in [0.1, 0.15) is 35.1 Å². The van der Waals surface area contributed by atoms with Gasteiger partial charge in [0.1, 0.15) is 5.69 Å². The number of amides is 1. The zero-order chi connectivity index (χ0) is 20.3. The molecule has 30 heavy (non-hydrogen) atoms. The number of hydrogen-bond donors (Lipinski definition) is 1. The van der Waals surface area contributed by atoms with Gasteiger partial charge in [0.05, 0.1) is 11.9 Å². The van der Waals surface area contributed by atoms with Crippen molar-refractivity contribution in [2.24, 2.45) is 0 Å². The number of anilines is 2. The number of fused-ring (bicyclic) bond motifs is 1. The second-order valence-electron chi connectivity index (χ2n) is 7.46. The molecule has 1 aliphatic rings. The van der Waals surface area contributed by atoms with E-state index < -0.39 is 0 Å². The van der Waals surface area contributed by atoms with Gasteiger partial charge in [0.15, 0.2) is 11.5 Å². The van der Waals surface area contributed by atoms with Crippen molar-refractivity contribution in [3.8, 4) is 0 Å². The molecule has 1 aromatic carbocycles. The monoisotopic (exact) mass is 398 g/mol. The van der Waals surface area contributed by atoms with Crippen molar-refractivity contribution >= 4 is 22.9 Å². The van der Waals surface area contributed by atoms with Crippen molar-refractivity contribution in [1.29, 1.82) is 0 Å². The Morgan fingerprint density at radius 1 is 0.933 bits per heavy atom. The van der Waals surface area contributed by atoms with Crippen LogP contribution in [0.3, 0.4) is 0 Å². The first kappa shape index (κ1) is 18.3. The molecule has 150 valence electrons. The van der Waals surface area contributed by atoms with E-state index in [1.165, 1.54) is 0 Å². The number of carbonyl (C=O) groups is 1. The lowest BCUT2D eigenvalue weighted by Gasteiger charge is -2.30. The summed E-state index contributed by atoms with van der Waals surface area (Å²) in [7, 11) is 0. The molecule has 1 aliphatic heterocycles. The maximum Gasteiger partial charge on any atom is 0.272 e. The number of rotatable bonds is 4. The maximum atomic E-state index is 12.6. The van der Waals surface area contributed by atoms with Gasteiger partial charge in [-0.1, -0.05) is 24.3 Å². The first-order chi connectivity index (χ1) is 14.8. The van der Waals surface area contributed by atoms with Crippen molar-refractivity contribution in [2.75, 3.05) is 18.4 Å². The molecule has 3 aromatic heterocycles. The Kier molecular flexibility index (Phi) is 4.85. The Morgan fingerprint density at radius 2 is 1.73 bits per heavy atom. The van der Waals surface area contributed by atoms with Crippen LogP contribution in [0, 0.1) is 0 Å². The Morgan fingerprint density at radius 3 is 2.50 bits per heavy atom. The molecule has 4 aromatic rings. The molecule has 0 aliphatic carbocycles. The number of benzene rings is 1. The van der Waals surface area contributed by atoms with E-state index in [-0.39, 0.29) is 11.8 Å². The molecule has 1 saturated heterocycles. The van der Waals surface area contributed by atoms with Crippen molar-refractivity contribution in [3.05, 3.63) is 84.6 Å². The number of pyridine rings is 2. The molecule has 0 atom stereocenters. The predicted octanol–water partition coefficient (Wildman–Crippen LogP) is 3.89. The van der Waals surface area contributed by atoms with E-state index in [0.717, 1.165) is 35.7 Å². The van der Waals surface area contributed by atoms with Gasteiger partial charge in [-0.15, -0.1) is 0 Å². The van der Waals surface area contributed by atoms with Crippen LogP contribution in [0.25, 0.3) is 5.65 Å². The molecule has 7 heteroatoms. The lowest BCUT2D eigenvalue weighted by atomic mass is 9.96. The minimum Gasteiger partial charge on any atom is -0.354 e. The van der Waals surface area contributed by atoms with Gasteiger partial charge >= 0.3 is 0 Å². The van der Waals surface area contributed by atoms with Gasteiger partial charge in [0, 0.05) is 30.9 Å². The summed E-state index contributed by atoms with van der Waals surface area (Å²) in [5.74, 6) is 1.09. The average Bonchev–Trinajstić information content (AvgIpc) is 3.23. The van der Waals surface area contributed by atoms with Gasteiger partial charge in [0.25, 0.3) is 5.91 Å². The average molecular weight is 398 g/mol. The molecule has 4 heterocycles. The summed E-state index contributed by atoms with van der Waals surface area (Å²) >= 11 is 0. The molecule has 0 unspecified atom stereocenters. The molecule has 1 N–H and O–H groups in total. The van der Waals surface area contributed by atoms with Crippen LogP contribution in [-0.4, -0.2) is 43.5 Å². The topological polar surface area (TPSA) is 75.4 Å². The minimum atomic E-state index is -0.00589. The lowest BCUT2D eigenvalue weighted by Crippen LogP contribution is -2.38. The third-order valence-corrected chi connectivity index (χ3v) is 5.44. The van der Waals surface area contributed by atoms with E-state index in [1.807, 2.05) is 70.2 Å². The molecule has 5 rings (SSSR count). The Bertz CT molecular complexity index is 1150. The van der Waals surface area contributed by atoms with Crippen LogP contribution in [-0.2, 0) is 0 Å². The molecule has 0 bridgehead atoms. The van der Waals surface area contributed by atoms with E-state index in [2.05, 4.69) is 10.3 Å². The van der Waals surface area contributed by atoms with Gasteiger partial charge in [-0.05, 0) is 49.2 Å². The second kappa shape index (κ2) is 7.94. The van der Waals surface area contributed by atoms with Gasteiger partial charge in [0.2, 0.25) is 0 Å². The number of nitrogens with zero attached hydrogens (tertiary/aromatic N) is 5. The highest BCUT2D eigenvalue weighted by atomic mass is 16.2. The Labute approximate surface area is 174 Å². The van der Waals surface area contributed by atoms with Gasteiger partial charge in [-0.3, -0.25) is 9.78 Å². The second-order valence-corrected chi connectivity index (χ2v) is 7.46. The quantitative estimate of drug-likeness (QED) is 0.564. The number of aromatic nitrogens is 4.